The molecule has 23 heavy (non-hydrogen) atoms. The minimum Gasteiger partial charge on any atom is -0.312 e. The van der Waals surface area contributed by atoms with Crippen LogP contribution < -0.4 is 4.90 Å². The predicted molar refractivity (Wildman–Crippen MR) is 91.1 cm³/mol. The van der Waals surface area contributed by atoms with Crippen molar-refractivity contribution in [3.63, 3.8) is 0 Å². The molecule has 1 amide bonds. The number of nitrogens with zero attached hydrogens (tertiary/aromatic N) is 2. The van der Waals surface area contributed by atoms with Crippen LogP contribution in [-0.4, -0.2) is 44.6 Å². The van der Waals surface area contributed by atoms with E-state index in [1.165, 1.54) is 18.4 Å². The van der Waals surface area contributed by atoms with Crippen molar-refractivity contribution in [1.82, 2.24) is 4.90 Å². The van der Waals surface area contributed by atoms with Crippen LogP contribution in [0.3, 0.4) is 0 Å². The lowest BCUT2D eigenvalue weighted by atomic mass is 10.1. The van der Waals surface area contributed by atoms with E-state index < -0.39 is 9.05 Å². The molecule has 7 heteroatoms. The van der Waals surface area contributed by atoms with Crippen molar-refractivity contribution >= 4 is 31.3 Å². The highest BCUT2D eigenvalue weighted by molar-refractivity contribution is 8.13. The van der Waals surface area contributed by atoms with Gasteiger partial charge in [0.2, 0.25) is 15.0 Å². The summed E-state index contributed by atoms with van der Waals surface area (Å²) in [6.07, 6.45) is 2.78. The van der Waals surface area contributed by atoms with Gasteiger partial charge in [-0.15, -0.1) is 0 Å². The van der Waals surface area contributed by atoms with Gasteiger partial charge in [0.25, 0.3) is 0 Å². The summed E-state index contributed by atoms with van der Waals surface area (Å²) in [7, 11) is 1.73. The van der Waals surface area contributed by atoms with Crippen molar-refractivity contribution in [2.75, 3.05) is 30.3 Å². The second-order valence-corrected chi connectivity index (χ2v) is 9.25. The zero-order chi connectivity index (χ0) is 16.4. The quantitative estimate of drug-likeness (QED) is 0.759. The molecular weight excluding hydrogens is 336 g/mol. The van der Waals surface area contributed by atoms with Gasteiger partial charge in [0.05, 0.1) is 5.75 Å². The normalized spacial score (nSPS) is 22.9. The molecule has 126 valence electrons. The second-order valence-electron chi connectivity index (χ2n) is 6.43. The van der Waals surface area contributed by atoms with Gasteiger partial charge in [-0.3, -0.25) is 9.69 Å². The smallest absolute Gasteiger partial charge is 0.232 e. The van der Waals surface area contributed by atoms with Crippen molar-refractivity contribution in [3.05, 3.63) is 29.8 Å². The molecule has 2 aliphatic rings. The molecule has 0 spiro atoms. The summed E-state index contributed by atoms with van der Waals surface area (Å²) >= 11 is 0. The molecule has 0 radical (unpaired) electrons. The molecule has 1 aromatic carbocycles. The van der Waals surface area contributed by atoms with Crippen molar-refractivity contribution in [2.24, 2.45) is 5.92 Å². The van der Waals surface area contributed by atoms with Crippen LogP contribution in [-0.2, 0) is 20.4 Å². The van der Waals surface area contributed by atoms with Crippen LogP contribution in [0.1, 0.15) is 24.8 Å². The third-order valence-electron chi connectivity index (χ3n) is 4.49. The Kier molecular flexibility index (Phi) is 4.94. The third kappa shape index (κ3) is 4.46. The van der Waals surface area contributed by atoms with Crippen LogP contribution in [0.25, 0.3) is 0 Å². The van der Waals surface area contributed by atoms with Crippen LogP contribution in [0.2, 0.25) is 0 Å². The van der Waals surface area contributed by atoms with E-state index in [4.69, 9.17) is 10.7 Å². The first-order valence-electron chi connectivity index (χ1n) is 7.95. The van der Waals surface area contributed by atoms with Gasteiger partial charge in [-0.25, -0.2) is 8.42 Å². The number of halogens is 1. The van der Waals surface area contributed by atoms with E-state index in [0.717, 1.165) is 25.3 Å². The standard InChI is InChI=1S/C16H21ClN2O3S/c17-23(21,22)12-14-9-16(20)19(11-14)15-5-3-13(4-6-15)10-18-7-1-2-8-18/h3-6,14H,1-2,7-12H2. The predicted octanol–water partition coefficient (Wildman–Crippen LogP) is 2.20. The fraction of sp³-hybridized carbons (Fsp3) is 0.562. The van der Waals surface area contributed by atoms with Crippen molar-refractivity contribution in [1.29, 1.82) is 0 Å². The Morgan fingerprint density at radius 2 is 1.78 bits per heavy atom. The van der Waals surface area contributed by atoms with Crippen molar-refractivity contribution in [3.8, 4) is 0 Å². The maximum Gasteiger partial charge on any atom is 0.232 e. The molecule has 1 unspecified atom stereocenters. The molecule has 2 aliphatic heterocycles. The lowest BCUT2D eigenvalue weighted by molar-refractivity contribution is -0.117. The Hall–Kier alpha value is -1.11. The van der Waals surface area contributed by atoms with E-state index in [1.807, 2.05) is 24.3 Å². The fourth-order valence-electron chi connectivity index (χ4n) is 3.40. The number of carbonyl (C=O) groups excluding carboxylic acids is 1. The molecule has 2 fully saturated rings. The summed E-state index contributed by atoms with van der Waals surface area (Å²) in [5.41, 5.74) is 2.07. The van der Waals surface area contributed by atoms with E-state index >= 15 is 0 Å². The number of hydrogen-bond acceptors (Lipinski definition) is 4. The Bertz CT molecular complexity index is 669. The van der Waals surface area contributed by atoms with Gasteiger partial charge >= 0.3 is 0 Å². The lowest BCUT2D eigenvalue weighted by Crippen LogP contribution is -2.25. The maximum absolute atomic E-state index is 12.1. The van der Waals surface area contributed by atoms with Crippen molar-refractivity contribution < 1.29 is 13.2 Å². The van der Waals surface area contributed by atoms with Gasteiger partial charge < -0.3 is 4.90 Å². The number of benzene rings is 1. The van der Waals surface area contributed by atoms with Gasteiger partial charge in [0, 0.05) is 41.8 Å². The molecule has 5 nitrogen and oxygen atoms in total. The molecule has 2 heterocycles. The van der Waals surface area contributed by atoms with E-state index in [0.29, 0.717) is 6.54 Å². The molecule has 0 saturated carbocycles. The number of hydrogen-bond donors (Lipinski definition) is 0. The molecule has 1 aromatic rings. The highest BCUT2D eigenvalue weighted by Gasteiger charge is 2.33. The Labute approximate surface area is 141 Å². The number of amides is 1. The maximum atomic E-state index is 12.1. The number of carbonyl (C=O) groups is 1. The first-order chi connectivity index (χ1) is 10.9. The average molecular weight is 357 g/mol. The molecule has 0 bridgehead atoms. The zero-order valence-corrected chi connectivity index (χ0v) is 14.5. The van der Waals surface area contributed by atoms with E-state index in [2.05, 4.69) is 4.90 Å². The van der Waals surface area contributed by atoms with Crippen LogP contribution in [0.15, 0.2) is 24.3 Å². The summed E-state index contributed by atoms with van der Waals surface area (Å²) in [5.74, 6) is -0.416. The van der Waals surface area contributed by atoms with Crippen LogP contribution in [0.4, 0.5) is 5.69 Å². The number of likely N-dealkylation sites (tertiary alicyclic amines) is 1. The number of anilines is 1. The Morgan fingerprint density at radius 3 is 2.39 bits per heavy atom. The van der Waals surface area contributed by atoms with Gasteiger partial charge in [-0.1, -0.05) is 12.1 Å². The summed E-state index contributed by atoms with van der Waals surface area (Å²) in [6, 6.07) is 7.99. The molecule has 0 N–H and O–H groups in total. The van der Waals surface area contributed by atoms with E-state index in [-0.39, 0.29) is 24.0 Å². The topological polar surface area (TPSA) is 57.7 Å². The monoisotopic (exact) mass is 356 g/mol. The molecular formula is C16H21ClN2O3S. The van der Waals surface area contributed by atoms with Gasteiger partial charge in [0.1, 0.15) is 0 Å². The van der Waals surface area contributed by atoms with E-state index in [9.17, 15) is 13.2 Å². The van der Waals surface area contributed by atoms with Gasteiger partial charge in [-0.05, 0) is 43.6 Å². The highest BCUT2D eigenvalue weighted by Crippen LogP contribution is 2.27. The second kappa shape index (κ2) is 6.79. The summed E-state index contributed by atoms with van der Waals surface area (Å²) in [6.45, 7) is 3.67. The van der Waals surface area contributed by atoms with Crippen LogP contribution >= 0.6 is 10.7 Å². The zero-order valence-electron chi connectivity index (χ0n) is 12.9. The molecule has 2 saturated heterocycles. The average Bonchev–Trinajstić information content (AvgIpc) is 3.08. The fourth-order valence-corrected chi connectivity index (χ4v) is 4.73. The summed E-state index contributed by atoms with van der Waals surface area (Å²) in [4.78, 5) is 16.2. The minimum atomic E-state index is -3.57. The largest absolute Gasteiger partial charge is 0.312 e. The van der Waals surface area contributed by atoms with Crippen LogP contribution in [0.5, 0.6) is 0 Å². The first-order valence-corrected chi connectivity index (χ1v) is 10.4. The SMILES string of the molecule is O=C1CC(CS(=O)(=O)Cl)CN1c1ccc(CN2CCCC2)cc1. The number of rotatable bonds is 5. The van der Waals surface area contributed by atoms with Gasteiger partial charge in [0.15, 0.2) is 0 Å². The minimum absolute atomic E-state index is 0.0393. The summed E-state index contributed by atoms with van der Waals surface area (Å²) < 4.78 is 22.4. The highest BCUT2D eigenvalue weighted by atomic mass is 35.7. The Balaban J connectivity index is 1.63. The summed E-state index contributed by atoms with van der Waals surface area (Å²) in [5, 5.41) is 0. The molecule has 0 aliphatic carbocycles. The van der Waals surface area contributed by atoms with Gasteiger partial charge in [-0.2, -0.15) is 0 Å². The molecule has 1 atom stereocenters. The van der Waals surface area contributed by atoms with Crippen molar-refractivity contribution in [2.45, 2.75) is 25.8 Å². The molecule has 0 aromatic heterocycles. The molecule has 3 rings (SSSR count). The lowest BCUT2D eigenvalue weighted by Gasteiger charge is -2.18. The Morgan fingerprint density at radius 1 is 1.13 bits per heavy atom. The van der Waals surface area contributed by atoms with E-state index in [1.54, 1.807) is 4.90 Å². The van der Waals surface area contributed by atoms with Crippen LogP contribution in [0, 0.1) is 5.92 Å². The third-order valence-corrected chi connectivity index (χ3v) is 5.74. The first kappa shape index (κ1) is 16.7.